The second kappa shape index (κ2) is 15.1. The molecule has 0 saturated heterocycles. The van der Waals surface area contributed by atoms with Gasteiger partial charge in [0.2, 0.25) is 0 Å². The van der Waals surface area contributed by atoms with E-state index in [0.29, 0.717) is 28.7 Å². The lowest BCUT2D eigenvalue weighted by atomic mass is 10.1. The van der Waals surface area contributed by atoms with E-state index in [2.05, 4.69) is 0 Å². The fourth-order valence-electron chi connectivity index (χ4n) is 3.95. The highest BCUT2D eigenvalue weighted by Crippen LogP contribution is 2.25. The van der Waals surface area contributed by atoms with E-state index in [0.717, 1.165) is 12.2 Å². The molecule has 13 nitrogen and oxygen atoms in total. The third-order valence-corrected chi connectivity index (χ3v) is 6.18. The first-order chi connectivity index (χ1) is 22.0. The van der Waals surface area contributed by atoms with E-state index < -0.39 is 26.7 Å². The molecule has 4 aromatic rings. The van der Waals surface area contributed by atoms with Gasteiger partial charge in [0.05, 0.1) is 14.8 Å². The van der Waals surface area contributed by atoms with Gasteiger partial charge in [0, 0.05) is 54.6 Å². The molecule has 0 unspecified atom stereocenters. The Bertz CT molecular complexity index is 1760. The number of hydrogen-bond donors (Lipinski definition) is 0. The monoisotopic (exact) mass is 621 g/mol. The van der Waals surface area contributed by atoms with Gasteiger partial charge in [-0.1, -0.05) is 12.2 Å². The van der Waals surface area contributed by atoms with Crippen LogP contribution in [0.4, 0.5) is 17.1 Å². The molecule has 46 heavy (non-hydrogen) atoms. The van der Waals surface area contributed by atoms with Gasteiger partial charge in [-0.25, -0.2) is 9.59 Å². The summed E-state index contributed by atoms with van der Waals surface area (Å²) >= 11 is 0. The molecule has 0 fully saturated rings. The number of nitro groups is 3. The Kier molecular flexibility index (Phi) is 10.6. The molecule has 0 spiro atoms. The summed E-state index contributed by atoms with van der Waals surface area (Å²) < 4.78 is 10.9. The molecule has 230 valence electrons. The molecule has 0 aliphatic carbocycles. The second-order valence-electron chi connectivity index (χ2n) is 9.47. The first-order valence-electron chi connectivity index (χ1n) is 13.4. The van der Waals surface area contributed by atoms with Gasteiger partial charge in [-0.2, -0.15) is 0 Å². The van der Waals surface area contributed by atoms with Crippen molar-refractivity contribution in [2.24, 2.45) is 0 Å². The number of non-ortho nitro benzene ring substituents is 3. The van der Waals surface area contributed by atoms with Crippen molar-refractivity contribution in [2.75, 3.05) is 0 Å². The number of rotatable bonds is 12. The van der Waals surface area contributed by atoms with Crippen molar-refractivity contribution in [1.29, 1.82) is 0 Å². The van der Waals surface area contributed by atoms with Crippen LogP contribution in [0.3, 0.4) is 0 Å². The summed E-state index contributed by atoms with van der Waals surface area (Å²) in [7, 11) is 0. The number of carbonyl (C=O) groups excluding carboxylic acids is 2. The zero-order chi connectivity index (χ0) is 33.1. The topological polar surface area (TPSA) is 182 Å². The van der Waals surface area contributed by atoms with E-state index in [1.807, 2.05) is 0 Å². The van der Waals surface area contributed by atoms with Crippen molar-refractivity contribution in [3.63, 3.8) is 0 Å². The number of carbonyl (C=O) groups is 2. The van der Waals surface area contributed by atoms with E-state index in [1.54, 1.807) is 36.4 Å². The van der Waals surface area contributed by atoms with Crippen LogP contribution in [0.5, 0.6) is 11.5 Å². The average molecular weight is 622 g/mol. The molecule has 0 aliphatic rings. The quantitative estimate of drug-likeness (QED) is 0.0530. The van der Waals surface area contributed by atoms with Gasteiger partial charge < -0.3 is 9.47 Å². The molecule has 0 heterocycles. The second-order valence-corrected chi connectivity index (χ2v) is 9.47. The van der Waals surface area contributed by atoms with Crippen LogP contribution in [-0.2, 0) is 16.0 Å². The minimum atomic E-state index is -0.757. The molecule has 0 aliphatic heterocycles. The summed E-state index contributed by atoms with van der Waals surface area (Å²) in [6.45, 7) is 0. The summed E-state index contributed by atoms with van der Waals surface area (Å²) in [6.07, 6.45) is 8.95. The predicted molar refractivity (Wildman–Crippen MR) is 168 cm³/mol. The van der Waals surface area contributed by atoms with Crippen molar-refractivity contribution in [1.82, 2.24) is 0 Å². The van der Waals surface area contributed by atoms with Crippen molar-refractivity contribution in [3.8, 4) is 11.5 Å². The summed E-state index contributed by atoms with van der Waals surface area (Å²) in [5.74, 6) is -1.37. The summed E-state index contributed by atoms with van der Waals surface area (Å²) in [6, 6.07) is 21.5. The number of allylic oxidation sites excluding steroid dienone is 1. The van der Waals surface area contributed by atoms with Crippen molar-refractivity contribution in [3.05, 3.63) is 162 Å². The summed E-state index contributed by atoms with van der Waals surface area (Å²) in [5.41, 5.74) is 2.15. The number of benzene rings is 4. The third kappa shape index (κ3) is 9.64. The summed E-state index contributed by atoms with van der Waals surface area (Å²) in [4.78, 5) is 56.1. The zero-order valence-electron chi connectivity index (χ0n) is 23.8. The normalized spacial score (nSPS) is 11.1. The predicted octanol–water partition coefficient (Wildman–Crippen LogP) is 6.90. The lowest BCUT2D eigenvalue weighted by Gasteiger charge is -2.09. The molecule has 0 saturated carbocycles. The van der Waals surface area contributed by atoms with Crippen LogP contribution in [0.2, 0.25) is 0 Å². The van der Waals surface area contributed by atoms with Crippen LogP contribution >= 0.6 is 0 Å². The fourth-order valence-corrected chi connectivity index (χ4v) is 3.95. The van der Waals surface area contributed by atoms with E-state index in [9.17, 15) is 39.9 Å². The third-order valence-electron chi connectivity index (χ3n) is 6.18. The maximum Gasteiger partial charge on any atom is 0.336 e. The van der Waals surface area contributed by atoms with Crippen LogP contribution < -0.4 is 9.47 Å². The number of nitrogens with zero attached hydrogens (tertiary/aromatic N) is 3. The molecule has 4 rings (SSSR count). The number of hydrogen-bond acceptors (Lipinski definition) is 10. The molecule has 4 aromatic carbocycles. The molecule has 0 bridgehead atoms. The first-order valence-corrected chi connectivity index (χ1v) is 13.4. The Hall–Kier alpha value is -6.76. The van der Waals surface area contributed by atoms with Gasteiger partial charge in [0.15, 0.2) is 0 Å². The van der Waals surface area contributed by atoms with Crippen molar-refractivity contribution >= 4 is 47.2 Å². The zero-order valence-corrected chi connectivity index (χ0v) is 23.8. The number of esters is 2. The molecule has 0 N–H and O–H groups in total. The Morgan fingerprint density at radius 2 is 0.891 bits per heavy atom. The molecule has 0 amide bonds. The SMILES string of the molecule is O=C(/C=C/c1ccc([N+](=O)[O-])cc1)Oc1cc(C/C=C/c2ccc([N+](=O)[O-])cc2)cc(OC(=O)/C=C/c2ccc([N+](=O)[O-])cc2)c1. The molecular weight excluding hydrogens is 598 g/mol. The van der Waals surface area contributed by atoms with E-state index in [-0.39, 0.29) is 28.6 Å². The van der Waals surface area contributed by atoms with Crippen molar-refractivity contribution < 1.29 is 33.8 Å². The van der Waals surface area contributed by atoms with E-state index in [4.69, 9.17) is 9.47 Å². The maximum absolute atomic E-state index is 12.6. The van der Waals surface area contributed by atoms with Gasteiger partial charge in [-0.05, 0) is 89.4 Å². The Labute approximate surface area is 260 Å². The highest BCUT2D eigenvalue weighted by Gasteiger charge is 2.10. The Balaban J connectivity index is 1.50. The standard InChI is InChI=1S/C33H23N3O10/c37-32(18-10-24-6-14-28(15-7-24)35(41)42)45-30-20-26(3-1-2-23-4-12-27(13-5-23)34(39)40)21-31(22-30)46-33(38)19-11-25-8-16-29(17-9-25)36(43)44/h1-2,4-22H,3H2/b2-1+,18-10+,19-11+. The average Bonchev–Trinajstić information content (AvgIpc) is 3.03. The van der Waals surface area contributed by atoms with Crippen LogP contribution in [0.1, 0.15) is 22.3 Å². The largest absolute Gasteiger partial charge is 0.423 e. The van der Waals surface area contributed by atoms with Crippen LogP contribution in [-0.4, -0.2) is 26.7 Å². The minimum Gasteiger partial charge on any atom is -0.423 e. The van der Waals surface area contributed by atoms with Gasteiger partial charge >= 0.3 is 11.9 Å². The van der Waals surface area contributed by atoms with Gasteiger partial charge in [-0.3, -0.25) is 30.3 Å². The van der Waals surface area contributed by atoms with E-state index in [1.165, 1.54) is 78.9 Å². The first kappa shape index (κ1) is 32.2. The van der Waals surface area contributed by atoms with Gasteiger partial charge in [-0.15, -0.1) is 0 Å². The van der Waals surface area contributed by atoms with Crippen LogP contribution in [0.25, 0.3) is 18.2 Å². The van der Waals surface area contributed by atoms with Gasteiger partial charge in [0.25, 0.3) is 17.1 Å². The Morgan fingerprint density at radius 1 is 0.543 bits per heavy atom. The lowest BCUT2D eigenvalue weighted by molar-refractivity contribution is -0.385. The Morgan fingerprint density at radius 3 is 1.24 bits per heavy atom. The minimum absolute atomic E-state index is 0.0385. The smallest absolute Gasteiger partial charge is 0.336 e. The fraction of sp³-hybridized carbons (Fsp3) is 0.0303. The molecule has 13 heteroatoms. The molecular formula is C33H23N3O10. The number of nitro benzene ring substituents is 3. The highest BCUT2D eigenvalue weighted by atomic mass is 16.6. The lowest BCUT2D eigenvalue weighted by Crippen LogP contribution is -2.07. The maximum atomic E-state index is 12.6. The van der Waals surface area contributed by atoms with Gasteiger partial charge in [0.1, 0.15) is 11.5 Å². The van der Waals surface area contributed by atoms with E-state index >= 15 is 0 Å². The van der Waals surface area contributed by atoms with Crippen LogP contribution in [0, 0.1) is 30.3 Å². The summed E-state index contributed by atoms with van der Waals surface area (Å²) in [5, 5.41) is 32.6. The highest BCUT2D eigenvalue weighted by molar-refractivity contribution is 5.90. The van der Waals surface area contributed by atoms with Crippen molar-refractivity contribution in [2.45, 2.75) is 6.42 Å². The molecule has 0 radical (unpaired) electrons. The molecule has 0 atom stereocenters. The van der Waals surface area contributed by atoms with Crippen LogP contribution in [0.15, 0.2) is 109 Å². The molecule has 0 aromatic heterocycles. The number of ether oxygens (including phenoxy) is 2.